The molecule has 1 atom stereocenters. The van der Waals surface area contributed by atoms with Crippen molar-refractivity contribution in [2.75, 3.05) is 13.2 Å². The summed E-state index contributed by atoms with van der Waals surface area (Å²) in [6, 6.07) is 22.1. The number of carbonyl (C=O) groups is 1. The number of hydrogen-bond donors (Lipinski definition) is 1. The topological polar surface area (TPSA) is 47.6 Å². The Hall–Kier alpha value is -3.01. The molecule has 30 heavy (non-hydrogen) atoms. The predicted molar refractivity (Wildman–Crippen MR) is 122 cm³/mol. The van der Waals surface area contributed by atoms with E-state index in [0.29, 0.717) is 25.3 Å². The van der Waals surface area contributed by atoms with Crippen LogP contribution in [0.2, 0.25) is 0 Å². The molecule has 0 aliphatic carbocycles. The number of fused-ring (bicyclic) bond motifs is 1. The van der Waals surface area contributed by atoms with E-state index in [4.69, 9.17) is 9.47 Å². The van der Waals surface area contributed by atoms with Gasteiger partial charge in [-0.15, -0.1) is 0 Å². The van der Waals surface area contributed by atoms with Crippen LogP contribution >= 0.6 is 0 Å². The maximum Gasteiger partial charge on any atom is 0.261 e. The third-order valence-electron chi connectivity index (χ3n) is 5.05. The Labute approximate surface area is 179 Å². The second kappa shape index (κ2) is 9.66. The van der Waals surface area contributed by atoms with Crippen LogP contribution in [0.4, 0.5) is 0 Å². The van der Waals surface area contributed by atoms with Gasteiger partial charge in [-0.1, -0.05) is 70.2 Å². The maximum absolute atomic E-state index is 12.5. The smallest absolute Gasteiger partial charge is 0.261 e. The zero-order valence-electron chi connectivity index (χ0n) is 18.3. The van der Waals surface area contributed by atoms with Gasteiger partial charge in [-0.2, -0.15) is 0 Å². The van der Waals surface area contributed by atoms with Gasteiger partial charge < -0.3 is 14.8 Å². The Bertz CT molecular complexity index is 973. The molecular weight excluding hydrogens is 374 g/mol. The zero-order chi connectivity index (χ0) is 21.6. The molecule has 0 aromatic heterocycles. The summed E-state index contributed by atoms with van der Waals surface area (Å²) >= 11 is 0. The van der Waals surface area contributed by atoms with Crippen LogP contribution in [0.15, 0.2) is 66.7 Å². The molecule has 0 spiro atoms. The Morgan fingerprint density at radius 3 is 2.27 bits per heavy atom. The molecular formula is C26H31NO3. The summed E-state index contributed by atoms with van der Waals surface area (Å²) in [4.78, 5) is 12.5. The fourth-order valence-electron chi connectivity index (χ4n) is 3.23. The van der Waals surface area contributed by atoms with Gasteiger partial charge >= 0.3 is 0 Å². The zero-order valence-corrected chi connectivity index (χ0v) is 18.3. The minimum absolute atomic E-state index is 0.0884. The molecule has 0 radical (unpaired) electrons. The second-order valence-electron chi connectivity index (χ2n) is 8.44. The standard InChI is InChI=1S/C26H31NO3/c1-5-24(30-22-14-11-21(12-15-22)26(2,3)4)25(28)27-16-17-29-23-13-10-19-8-6-7-9-20(19)18-23/h6-15,18,24H,5,16-17H2,1-4H3,(H,27,28). The summed E-state index contributed by atoms with van der Waals surface area (Å²) in [5.41, 5.74) is 1.32. The van der Waals surface area contributed by atoms with Crippen LogP contribution < -0.4 is 14.8 Å². The van der Waals surface area contributed by atoms with E-state index >= 15 is 0 Å². The fourth-order valence-corrected chi connectivity index (χ4v) is 3.23. The van der Waals surface area contributed by atoms with Crippen molar-refractivity contribution in [2.24, 2.45) is 0 Å². The average Bonchev–Trinajstić information content (AvgIpc) is 2.74. The van der Waals surface area contributed by atoms with Crippen LogP contribution in [0, 0.1) is 0 Å². The van der Waals surface area contributed by atoms with Crippen molar-refractivity contribution >= 4 is 16.7 Å². The molecule has 0 heterocycles. The van der Waals surface area contributed by atoms with Gasteiger partial charge in [0.05, 0.1) is 6.54 Å². The highest BCUT2D eigenvalue weighted by molar-refractivity contribution is 5.83. The average molecular weight is 406 g/mol. The number of hydrogen-bond acceptors (Lipinski definition) is 3. The van der Waals surface area contributed by atoms with Crippen molar-refractivity contribution in [1.29, 1.82) is 0 Å². The first-order chi connectivity index (χ1) is 14.4. The molecule has 0 saturated carbocycles. The second-order valence-corrected chi connectivity index (χ2v) is 8.44. The van der Waals surface area contributed by atoms with Crippen molar-refractivity contribution in [2.45, 2.75) is 45.6 Å². The first-order valence-electron chi connectivity index (χ1n) is 10.5. The van der Waals surface area contributed by atoms with Crippen molar-refractivity contribution in [3.8, 4) is 11.5 Å². The van der Waals surface area contributed by atoms with Crippen molar-refractivity contribution < 1.29 is 14.3 Å². The highest BCUT2D eigenvalue weighted by atomic mass is 16.5. The van der Waals surface area contributed by atoms with Crippen LogP contribution in [0.3, 0.4) is 0 Å². The normalized spacial score (nSPS) is 12.4. The van der Waals surface area contributed by atoms with E-state index in [2.05, 4.69) is 50.4 Å². The molecule has 3 aromatic rings. The van der Waals surface area contributed by atoms with Crippen LogP contribution in [-0.2, 0) is 10.2 Å². The van der Waals surface area contributed by atoms with Gasteiger partial charge in [-0.3, -0.25) is 4.79 Å². The van der Waals surface area contributed by atoms with Crippen LogP contribution in [0.1, 0.15) is 39.7 Å². The molecule has 1 amide bonds. The molecule has 1 unspecified atom stereocenters. The number of rotatable bonds is 8. The lowest BCUT2D eigenvalue weighted by atomic mass is 9.87. The van der Waals surface area contributed by atoms with Crippen molar-refractivity contribution in [1.82, 2.24) is 5.32 Å². The van der Waals surface area contributed by atoms with E-state index in [0.717, 1.165) is 11.1 Å². The van der Waals surface area contributed by atoms with E-state index in [1.54, 1.807) is 0 Å². The van der Waals surface area contributed by atoms with Gasteiger partial charge in [0.25, 0.3) is 5.91 Å². The minimum Gasteiger partial charge on any atom is -0.492 e. The van der Waals surface area contributed by atoms with Crippen LogP contribution in [-0.4, -0.2) is 25.2 Å². The Morgan fingerprint density at radius 1 is 0.933 bits per heavy atom. The van der Waals surface area contributed by atoms with E-state index in [9.17, 15) is 4.79 Å². The summed E-state index contributed by atoms with van der Waals surface area (Å²) in [6.07, 6.45) is 0.0735. The van der Waals surface area contributed by atoms with Gasteiger partial charge in [-0.05, 0) is 52.4 Å². The molecule has 0 aliphatic rings. The van der Waals surface area contributed by atoms with Gasteiger partial charge in [0.2, 0.25) is 0 Å². The Morgan fingerprint density at radius 2 is 1.60 bits per heavy atom. The first kappa shape index (κ1) is 21.7. The molecule has 0 aliphatic heterocycles. The number of nitrogens with one attached hydrogen (secondary N) is 1. The Kier molecular flexibility index (Phi) is 6.99. The summed E-state index contributed by atoms with van der Waals surface area (Å²) in [6.45, 7) is 9.29. The third-order valence-corrected chi connectivity index (χ3v) is 5.05. The highest BCUT2D eigenvalue weighted by Crippen LogP contribution is 2.25. The van der Waals surface area contributed by atoms with Gasteiger partial charge in [0.15, 0.2) is 6.10 Å². The lowest BCUT2D eigenvalue weighted by Crippen LogP contribution is -2.39. The summed E-state index contributed by atoms with van der Waals surface area (Å²) < 4.78 is 11.7. The molecule has 4 heteroatoms. The molecule has 0 fully saturated rings. The van der Waals surface area contributed by atoms with Crippen LogP contribution in [0.5, 0.6) is 11.5 Å². The van der Waals surface area contributed by atoms with Gasteiger partial charge in [-0.25, -0.2) is 0 Å². The van der Waals surface area contributed by atoms with E-state index in [1.165, 1.54) is 10.9 Å². The highest BCUT2D eigenvalue weighted by Gasteiger charge is 2.19. The fraction of sp³-hybridized carbons (Fsp3) is 0.346. The molecule has 3 aromatic carbocycles. The molecule has 0 saturated heterocycles. The van der Waals surface area contributed by atoms with Crippen LogP contribution in [0.25, 0.3) is 10.8 Å². The van der Waals surface area contributed by atoms with E-state index in [1.807, 2.05) is 49.4 Å². The lowest BCUT2D eigenvalue weighted by Gasteiger charge is -2.21. The van der Waals surface area contributed by atoms with Gasteiger partial charge in [0.1, 0.15) is 18.1 Å². The largest absolute Gasteiger partial charge is 0.492 e. The lowest BCUT2D eigenvalue weighted by molar-refractivity contribution is -0.128. The monoisotopic (exact) mass is 405 g/mol. The quantitative estimate of drug-likeness (QED) is 0.504. The number of ether oxygens (including phenoxy) is 2. The number of amides is 1. The summed E-state index contributed by atoms with van der Waals surface area (Å²) in [5, 5.41) is 5.22. The van der Waals surface area contributed by atoms with Crippen molar-refractivity contribution in [3.05, 3.63) is 72.3 Å². The molecule has 0 bridgehead atoms. The predicted octanol–water partition coefficient (Wildman–Crippen LogP) is 5.49. The SMILES string of the molecule is CCC(Oc1ccc(C(C)(C)C)cc1)C(=O)NCCOc1ccc2ccccc2c1. The minimum atomic E-state index is -0.522. The van der Waals surface area contributed by atoms with Gasteiger partial charge in [0, 0.05) is 0 Å². The molecule has 158 valence electrons. The summed E-state index contributed by atoms with van der Waals surface area (Å²) in [7, 11) is 0. The van der Waals surface area contributed by atoms with Crippen molar-refractivity contribution in [3.63, 3.8) is 0 Å². The molecule has 4 nitrogen and oxygen atoms in total. The number of benzene rings is 3. The third kappa shape index (κ3) is 5.76. The molecule has 1 N–H and O–H groups in total. The number of carbonyl (C=O) groups excluding carboxylic acids is 1. The van der Waals surface area contributed by atoms with E-state index < -0.39 is 6.10 Å². The molecule has 3 rings (SSSR count). The summed E-state index contributed by atoms with van der Waals surface area (Å²) in [5.74, 6) is 1.38. The van der Waals surface area contributed by atoms with E-state index in [-0.39, 0.29) is 11.3 Å². The first-order valence-corrected chi connectivity index (χ1v) is 10.5. The maximum atomic E-state index is 12.5. The Balaban J connectivity index is 1.47.